The van der Waals surface area contributed by atoms with Crippen LogP contribution in [0.3, 0.4) is 0 Å². The number of ether oxygens (including phenoxy) is 6. The molecule has 7 nitrogen and oxygen atoms in total. The molecule has 1 rings (SSSR count). The quantitative estimate of drug-likeness (QED) is 0.269. The molecule has 1 aromatic rings. The standard InChI is InChI=1S/C23H36O7/c1-11-26-16(6)28-18-13-19(25-10)20(23(8,9)30-22(24)14(3)4)21(15(18)5)29-17(7)27-12-2/h13,16-17H,3,11-12H2,1-2,4-10H3. The second kappa shape index (κ2) is 11.2. The van der Waals surface area contributed by atoms with E-state index in [2.05, 4.69) is 6.58 Å². The molecule has 0 spiro atoms. The summed E-state index contributed by atoms with van der Waals surface area (Å²) in [6.45, 7) is 19.1. The van der Waals surface area contributed by atoms with Crippen molar-refractivity contribution in [3.63, 3.8) is 0 Å². The number of carbonyl (C=O) groups is 1. The predicted molar refractivity (Wildman–Crippen MR) is 115 cm³/mol. The molecule has 0 aliphatic rings. The average molecular weight is 425 g/mol. The van der Waals surface area contributed by atoms with Crippen LogP contribution in [0.15, 0.2) is 18.2 Å². The van der Waals surface area contributed by atoms with Crippen LogP contribution in [0.4, 0.5) is 0 Å². The maximum absolute atomic E-state index is 12.3. The number of benzene rings is 1. The van der Waals surface area contributed by atoms with E-state index in [1.165, 1.54) is 7.11 Å². The first-order chi connectivity index (χ1) is 14.0. The van der Waals surface area contributed by atoms with Gasteiger partial charge in [0.05, 0.1) is 12.7 Å². The van der Waals surface area contributed by atoms with Gasteiger partial charge in [0.15, 0.2) is 12.6 Å². The molecule has 0 saturated heterocycles. The van der Waals surface area contributed by atoms with Crippen LogP contribution in [0, 0.1) is 6.92 Å². The molecule has 30 heavy (non-hydrogen) atoms. The van der Waals surface area contributed by atoms with Gasteiger partial charge < -0.3 is 28.4 Å². The average Bonchev–Trinajstić information content (AvgIpc) is 2.64. The van der Waals surface area contributed by atoms with Gasteiger partial charge >= 0.3 is 5.97 Å². The molecule has 2 unspecified atom stereocenters. The van der Waals surface area contributed by atoms with Crippen molar-refractivity contribution in [1.82, 2.24) is 0 Å². The molecule has 0 amide bonds. The highest BCUT2D eigenvalue weighted by Crippen LogP contribution is 2.46. The molecule has 0 saturated carbocycles. The van der Waals surface area contributed by atoms with Gasteiger partial charge in [0.25, 0.3) is 0 Å². The van der Waals surface area contributed by atoms with Crippen LogP contribution >= 0.6 is 0 Å². The fourth-order valence-electron chi connectivity index (χ4n) is 2.96. The molecule has 7 heteroatoms. The summed E-state index contributed by atoms with van der Waals surface area (Å²) in [4.78, 5) is 12.3. The summed E-state index contributed by atoms with van der Waals surface area (Å²) in [6.07, 6.45) is -1.000. The number of rotatable bonds is 12. The van der Waals surface area contributed by atoms with Crippen molar-refractivity contribution in [1.29, 1.82) is 0 Å². The van der Waals surface area contributed by atoms with Crippen LogP contribution in [-0.4, -0.2) is 38.9 Å². The number of hydrogen-bond donors (Lipinski definition) is 0. The summed E-state index contributed by atoms with van der Waals surface area (Å²) in [5.41, 5.74) is 0.509. The highest BCUT2D eigenvalue weighted by molar-refractivity contribution is 5.87. The van der Waals surface area contributed by atoms with Crippen molar-refractivity contribution in [3.05, 3.63) is 29.3 Å². The van der Waals surface area contributed by atoms with Gasteiger partial charge in [-0.05, 0) is 55.4 Å². The molecule has 2 atom stereocenters. The highest BCUT2D eigenvalue weighted by atomic mass is 16.7. The van der Waals surface area contributed by atoms with E-state index < -0.39 is 24.2 Å². The molecule has 170 valence electrons. The molecule has 0 fully saturated rings. The zero-order chi connectivity index (χ0) is 23.1. The van der Waals surface area contributed by atoms with Crippen molar-refractivity contribution in [2.75, 3.05) is 20.3 Å². The smallest absolute Gasteiger partial charge is 0.333 e. The van der Waals surface area contributed by atoms with Crippen molar-refractivity contribution >= 4 is 5.97 Å². The van der Waals surface area contributed by atoms with E-state index in [1.807, 2.05) is 27.7 Å². The van der Waals surface area contributed by atoms with Crippen molar-refractivity contribution < 1.29 is 33.2 Å². The Hall–Kier alpha value is -2.25. The Kier molecular flexibility index (Phi) is 9.65. The molecule has 0 N–H and O–H groups in total. The van der Waals surface area contributed by atoms with E-state index in [4.69, 9.17) is 28.4 Å². The summed E-state index contributed by atoms with van der Waals surface area (Å²) in [5, 5.41) is 0. The van der Waals surface area contributed by atoms with Gasteiger partial charge in [-0.25, -0.2) is 4.79 Å². The van der Waals surface area contributed by atoms with Crippen LogP contribution in [0.1, 0.15) is 59.6 Å². The first-order valence-corrected chi connectivity index (χ1v) is 10.2. The second-order valence-electron chi connectivity index (χ2n) is 7.37. The molecule has 0 heterocycles. The lowest BCUT2D eigenvalue weighted by atomic mass is 9.93. The van der Waals surface area contributed by atoms with Gasteiger partial charge in [-0.3, -0.25) is 0 Å². The number of carbonyl (C=O) groups excluding carboxylic acids is 1. The lowest BCUT2D eigenvalue weighted by molar-refractivity contribution is -0.152. The van der Waals surface area contributed by atoms with E-state index in [0.717, 1.165) is 0 Å². The van der Waals surface area contributed by atoms with Crippen molar-refractivity contribution in [2.45, 2.75) is 73.6 Å². The van der Waals surface area contributed by atoms with Crippen LogP contribution in [-0.2, 0) is 24.6 Å². The van der Waals surface area contributed by atoms with Gasteiger partial charge in [0, 0.05) is 30.4 Å². The van der Waals surface area contributed by atoms with Crippen LogP contribution in [0.5, 0.6) is 17.2 Å². The zero-order valence-corrected chi connectivity index (χ0v) is 19.7. The maximum atomic E-state index is 12.3. The minimum atomic E-state index is -1.07. The third-order valence-corrected chi connectivity index (χ3v) is 4.34. The number of esters is 1. The van der Waals surface area contributed by atoms with E-state index in [0.29, 0.717) is 47.2 Å². The lowest BCUT2D eigenvalue weighted by Gasteiger charge is -2.32. The van der Waals surface area contributed by atoms with E-state index in [1.54, 1.807) is 33.8 Å². The SMILES string of the molecule is C=C(C)C(=O)OC(C)(C)c1c(OC)cc(OC(C)OCC)c(C)c1OC(C)OCC. The van der Waals surface area contributed by atoms with Gasteiger partial charge in [0.2, 0.25) is 0 Å². The Morgan fingerprint density at radius 1 is 1.07 bits per heavy atom. The van der Waals surface area contributed by atoms with Crippen LogP contribution in [0.2, 0.25) is 0 Å². The largest absolute Gasteiger partial charge is 0.496 e. The summed E-state index contributed by atoms with van der Waals surface area (Å²) >= 11 is 0. The predicted octanol–water partition coefficient (Wildman–Crippen LogP) is 4.88. The van der Waals surface area contributed by atoms with Crippen molar-refractivity contribution in [3.8, 4) is 17.2 Å². The monoisotopic (exact) mass is 424 g/mol. The third kappa shape index (κ3) is 6.64. The van der Waals surface area contributed by atoms with Crippen molar-refractivity contribution in [2.24, 2.45) is 0 Å². The van der Waals surface area contributed by atoms with E-state index in [9.17, 15) is 4.79 Å². The summed E-state index contributed by atoms with van der Waals surface area (Å²) in [5.74, 6) is 0.956. The Bertz CT molecular complexity index is 740. The summed E-state index contributed by atoms with van der Waals surface area (Å²) in [6, 6.07) is 1.74. The Labute approximate surface area is 180 Å². The minimum absolute atomic E-state index is 0.300. The third-order valence-electron chi connectivity index (χ3n) is 4.34. The second-order valence-corrected chi connectivity index (χ2v) is 7.37. The fraction of sp³-hybridized carbons (Fsp3) is 0.609. The van der Waals surface area contributed by atoms with Gasteiger partial charge in [0.1, 0.15) is 22.8 Å². The molecular formula is C23H36O7. The van der Waals surface area contributed by atoms with E-state index >= 15 is 0 Å². The highest BCUT2D eigenvalue weighted by Gasteiger charge is 2.36. The maximum Gasteiger partial charge on any atom is 0.333 e. The van der Waals surface area contributed by atoms with Gasteiger partial charge in [-0.1, -0.05) is 6.58 Å². The Morgan fingerprint density at radius 2 is 1.60 bits per heavy atom. The molecular weight excluding hydrogens is 388 g/mol. The lowest BCUT2D eigenvalue weighted by Crippen LogP contribution is -2.29. The molecule has 0 aliphatic carbocycles. The first-order valence-electron chi connectivity index (χ1n) is 10.2. The van der Waals surface area contributed by atoms with Crippen LogP contribution < -0.4 is 14.2 Å². The topological polar surface area (TPSA) is 72.5 Å². The van der Waals surface area contributed by atoms with Crippen LogP contribution in [0.25, 0.3) is 0 Å². The molecule has 1 aromatic carbocycles. The first kappa shape index (κ1) is 25.8. The molecule has 0 radical (unpaired) electrons. The molecule has 0 aromatic heterocycles. The Morgan fingerprint density at radius 3 is 2.07 bits per heavy atom. The minimum Gasteiger partial charge on any atom is -0.496 e. The molecule has 0 bridgehead atoms. The number of methoxy groups -OCH3 is 1. The zero-order valence-electron chi connectivity index (χ0n) is 19.7. The molecule has 0 aliphatic heterocycles. The fourth-order valence-corrected chi connectivity index (χ4v) is 2.96. The summed E-state index contributed by atoms with van der Waals surface area (Å²) in [7, 11) is 1.54. The van der Waals surface area contributed by atoms with E-state index in [-0.39, 0.29) is 0 Å². The summed E-state index contributed by atoms with van der Waals surface area (Å²) < 4.78 is 34.5. The van der Waals surface area contributed by atoms with Gasteiger partial charge in [-0.2, -0.15) is 0 Å². The van der Waals surface area contributed by atoms with Gasteiger partial charge in [-0.15, -0.1) is 0 Å². The Balaban J connectivity index is 3.61. The number of hydrogen-bond acceptors (Lipinski definition) is 7. The normalized spacial score (nSPS) is 13.4.